The number of benzene rings is 1. The molecule has 0 radical (unpaired) electrons. The van der Waals surface area contributed by atoms with Gasteiger partial charge in [0.05, 0.1) is 22.5 Å². The number of ketones is 1. The molecule has 14 heteroatoms. The third kappa shape index (κ3) is 8.47. The van der Waals surface area contributed by atoms with E-state index in [0.717, 1.165) is 52.5 Å². The van der Waals surface area contributed by atoms with Crippen molar-refractivity contribution in [3.8, 4) is 0 Å². The third-order valence-corrected chi connectivity index (χ3v) is 15.3. The minimum Gasteiger partial charge on any atom is -0.506 e. The first-order valence-corrected chi connectivity index (χ1v) is 23.3. The van der Waals surface area contributed by atoms with E-state index in [1.165, 1.54) is 0 Å². The fourth-order valence-corrected chi connectivity index (χ4v) is 11.1. The van der Waals surface area contributed by atoms with Crippen LogP contribution in [0.4, 0.5) is 11.4 Å². The van der Waals surface area contributed by atoms with Crippen LogP contribution in [0.15, 0.2) is 57.5 Å². The largest absolute Gasteiger partial charge is 0.506 e. The molecule has 5 rings (SSSR count). The van der Waals surface area contributed by atoms with E-state index in [4.69, 9.17) is 0 Å². The summed E-state index contributed by atoms with van der Waals surface area (Å²) in [5.74, 6) is -3.53. The number of aliphatic hydroxyl groups is 1. The molecule has 2 amide bonds. The van der Waals surface area contributed by atoms with Crippen LogP contribution in [0.3, 0.4) is 0 Å². The molecule has 60 heavy (non-hydrogen) atoms. The Morgan fingerprint density at radius 3 is 2.03 bits per heavy atom. The molecule has 4 aliphatic rings. The van der Waals surface area contributed by atoms with Crippen LogP contribution in [-0.2, 0) is 29.4 Å². The van der Waals surface area contributed by atoms with Gasteiger partial charge in [0, 0.05) is 70.4 Å². The summed E-state index contributed by atoms with van der Waals surface area (Å²) < 4.78 is 0. The summed E-state index contributed by atoms with van der Waals surface area (Å²) in [5.41, 5.74) is 4.73. The fraction of sp³-hybridized carbons (Fsp3) is 0.565. The van der Waals surface area contributed by atoms with E-state index < -0.39 is 28.2 Å². The zero-order valence-corrected chi connectivity index (χ0v) is 38.7. The van der Waals surface area contributed by atoms with Gasteiger partial charge in [-0.3, -0.25) is 24.0 Å². The van der Waals surface area contributed by atoms with Crippen molar-refractivity contribution in [2.45, 2.75) is 148 Å². The Bertz CT molecular complexity index is 2130. The van der Waals surface area contributed by atoms with Crippen molar-refractivity contribution in [3.05, 3.63) is 63.6 Å². The van der Waals surface area contributed by atoms with E-state index in [9.17, 15) is 39.3 Å². The number of allylic oxidation sites excluding steroid dienone is 6. The van der Waals surface area contributed by atoms with Gasteiger partial charge in [0.1, 0.15) is 16.3 Å². The zero-order chi connectivity index (χ0) is 44.8. The van der Waals surface area contributed by atoms with Crippen LogP contribution in [-0.4, -0.2) is 102 Å². The molecule has 4 unspecified atom stereocenters. The van der Waals surface area contributed by atoms with E-state index in [1.807, 2.05) is 31.2 Å². The van der Waals surface area contributed by atoms with Gasteiger partial charge in [-0.2, -0.15) is 0 Å². The molecule has 1 aromatic rings. The van der Waals surface area contributed by atoms with E-state index >= 15 is 0 Å². The SMILES string of the molecule is CCCCC(=O)N=C1C=C2C(=CC1=C1C(=O)C(c3cc4c(cc3NC(=O)CCCSC(C(=O)O)C(SC)C(=O)O)N(C(C)C)C(C)C4(C)C)=C1O)C(C)(C)C(C)N2C(C)C. The maximum Gasteiger partial charge on any atom is 0.318 e. The molecule has 326 valence electrons. The van der Waals surface area contributed by atoms with Crippen molar-refractivity contribution < 1.29 is 39.3 Å². The van der Waals surface area contributed by atoms with Crippen molar-refractivity contribution in [2.24, 2.45) is 10.4 Å². The minimum atomic E-state index is -1.23. The standard InChI is InChI=1S/C46H62N4O8S2/c1-13-14-16-35(51)47-31-21-33-29(45(8,9)25(6)49(33)23(2)3)19-27(31)37-39(53)38(40(37)54)28-20-30-34(50(24(4)5)26(7)46(30,10)11)22-32(28)48-36(52)17-15-18-60-42(44(57)58)41(59-12)43(55)56/h19-26,41-42,53H,13-18H2,1-12H3,(H,48,52)(H,55,56)(H,57,58). The number of hydrogen-bond donors (Lipinski definition) is 4. The first kappa shape index (κ1) is 46.8. The number of unbranched alkanes of at least 4 members (excludes halogenated alkanes) is 1. The summed E-state index contributed by atoms with van der Waals surface area (Å²) in [6.07, 6.45) is 7.41. The second kappa shape index (κ2) is 18.0. The van der Waals surface area contributed by atoms with Gasteiger partial charge < -0.3 is 30.4 Å². The lowest BCUT2D eigenvalue weighted by atomic mass is 9.73. The maximum atomic E-state index is 14.7. The Morgan fingerprint density at radius 2 is 1.48 bits per heavy atom. The van der Waals surface area contributed by atoms with Crippen LogP contribution in [0.25, 0.3) is 5.57 Å². The number of carboxylic acid groups (broad SMARTS) is 2. The molecule has 2 aliphatic heterocycles. The Hall–Kier alpha value is -4.30. The number of rotatable bonds is 16. The van der Waals surface area contributed by atoms with Crippen LogP contribution in [0.1, 0.15) is 119 Å². The van der Waals surface area contributed by atoms with E-state index in [0.29, 0.717) is 29.0 Å². The molecule has 2 aliphatic carbocycles. The monoisotopic (exact) mass is 862 g/mol. The molecule has 0 spiro atoms. The van der Waals surface area contributed by atoms with Gasteiger partial charge in [-0.25, -0.2) is 4.99 Å². The number of carbonyl (C=O) groups excluding carboxylic acids is 3. The number of aliphatic hydroxyl groups excluding tert-OH is 1. The van der Waals surface area contributed by atoms with Crippen molar-refractivity contribution in [2.75, 3.05) is 22.2 Å². The molecule has 4 N–H and O–H groups in total. The Morgan fingerprint density at radius 1 is 0.867 bits per heavy atom. The van der Waals surface area contributed by atoms with Crippen molar-refractivity contribution >= 4 is 75.7 Å². The highest BCUT2D eigenvalue weighted by atomic mass is 32.2. The molecular weight excluding hydrogens is 801 g/mol. The van der Waals surface area contributed by atoms with Crippen molar-refractivity contribution in [1.82, 2.24) is 4.90 Å². The first-order valence-electron chi connectivity index (χ1n) is 21.0. The number of hydrogen-bond acceptors (Lipinski definition) is 10. The van der Waals surface area contributed by atoms with Crippen molar-refractivity contribution in [3.63, 3.8) is 0 Å². The van der Waals surface area contributed by atoms with Gasteiger partial charge in [0.2, 0.25) is 17.6 Å². The summed E-state index contributed by atoms with van der Waals surface area (Å²) in [5, 5.41) is 32.0. The lowest BCUT2D eigenvalue weighted by Gasteiger charge is -2.34. The smallest absolute Gasteiger partial charge is 0.318 e. The van der Waals surface area contributed by atoms with Gasteiger partial charge in [-0.1, -0.05) is 41.0 Å². The molecule has 0 aromatic heterocycles. The van der Waals surface area contributed by atoms with E-state index in [2.05, 4.69) is 89.3 Å². The van der Waals surface area contributed by atoms with Gasteiger partial charge in [-0.05, 0) is 102 Å². The topological polar surface area (TPSA) is 177 Å². The highest BCUT2D eigenvalue weighted by molar-refractivity contribution is 8.04. The zero-order valence-electron chi connectivity index (χ0n) is 37.1. The number of fused-ring (bicyclic) bond motifs is 2. The Labute approximate surface area is 363 Å². The molecule has 0 saturated carbocycles. The van der Waals surface area contributed by atoms with Crippen LogP contribution < -0.4 is 10.2 Å². The lowest BCUT2D eigenvalue weighted by molar-refractivity contribution is -0.142. The summed E-state index contributed by atoms with van der Waals surface area (Å²) in [6.45, 7) is 23.3. The number of carboxylic acids is 2. The second-order valence-electron chi connectivity index (χ2n) is 17.9. The van der Waals surface area contributed by atoms with Gasteiger partial charge in [0.25, 0.3) is 0 Å². The number of Topliss-reactive ketones (excluding diaryl/α,β-unsaturated/α-hetero) is 1. The molecule has 4 atom stereocenters. The number of aliphatic carboxylic acids is 2. The third-order valence-electron chi connectivity index (χ3n) is 12.8. The Kier molecular flexibility index (Phi) is 14.0. The molecule has 2 heterocycles. The van der Waals surface area contributed by atoms with Crippen LogP contribution in [0, 0.1) is 5.41 Å². The van der Waals surface area contributed by atoms with Crippen molar-refractivity contribution in [1.29, 1.82) is 0 Å². The average molecular weight is 863 g/mol. The number of anilines is 2. The quantitative estimate of drug-likeness (QED) is 0.0922. The van der Waals surface area contributed by atoms with Gasteiger partial charge in [0.15, 0.2) is 0 Å². The van der Waals surface area contributed by atoms with E-state index in [-0.39, 0.29) is 88.7 Å². The number of amides is 2. The highest BCUT2D eigenvalue weighted by Gasteiger charge is 2.49. The summed E-state index contributed by atoms with van der Waals surface area (Å²) in [4.78, 5) is 74.2. The summed E-state index contributed by atoms with van der Waals surface area (Å²) in [7, 11) is 0. The van der Waals surface area contributed by atoms with E-state index in [1.54, 1.807) is 6.26 Å². The Balaban J connectivity index is 1.60. The van der Waals surface area contributed by atoms with Gasteiger partial charge >= 0.3 is 11.9 Å². The van der Waals surface area contributed by atoms with Gasteiger partial charge in [-0.15, -0.1) is 23.5 Å². The fourth-order valence-electron chi connectivity index (χ4n) is 8.96. The first-order chi connectivity index (χ1) is 28.0. The predicted molar refractivity (Wildman–Crippen MR) is 243 cm³/mol. The summed E-state index contributed by atoms with van der Waals surface area (Å²) in [6, 6.07) is 4.22. The van der Waals surface area contributed by atoms with Crippen LogP contribution in [0.2, 0.25) is 0 Å². The minimum absolute atomic E-state index is 0.00661. The average Bonchev–Trinajstić information content (AvgIpc) is 3.47. The normalized spacial score (nSPS) is 23.4. The molecular formula is C46H62N4O8S2. The number of likely N-dealkylation sites (tertiary alicyclic amines) is 1. The summed E-state index contributed by atoms with van der Waals surface area (Å²) >= 11 is 1.94. The van der Waals surface area contributed by atoms with Crippen LogP contribution >= 0.6 is 23.5 Å². The number of carbonyl (C=O) groups is 5. The number of nitrogens with one attached hydrogen (secondary N) is 1. The molecule has 1 fully saturated rings. The molecule has 1 saturated heterocycles. The molecule has 1 aromatic carbocycles. The predicted octanol–water partition coefficient (Wildman–Crippen LogP) is 8.57. The number of nitrogens with zero attached hydrogens (tertiary/aromatic N) is 3. The van der Waals surface area contributed by atoms with Crippen LogP contribution in [0.5, 0.6) is 0 Å². The molecule has 12 nitrogen and oxygen atoms in total. The molecule has 0 bridgehead atoms. The highest BCUT2D eigenvalue weighted by Crippen LogP contribution is 2.53. The second-order valence-corrected chi connectivity index (χ2v) is 20.1. The maximum absolute atomic E-state index is 14.7. The number of thioether (sulfide) groups is 2. The number of aliphatic imine (C=N–C) groups is 1. The lowest BCUT2D eigenvalue weighted by Crippen LogP contribution is -2.42.